The number of hydrogen-bond acceptors (Lipinski definition) is 5. The molecular formula is C14H16N2O3S. The van der Waals surface area contributed by atoms with Gasteiger partial charge in [0.05, 0.1) is 24.3 Å². The van der Waals surface area contributed by atoms with E-state index in [4.69, 9.17) is 10.5 Å². The molecule has 6 heteroatoms. The largest absolute Gasteiger partial charge is 0.496 e. The molecule has 0 spiro atoms. The van der Waals surface area contributed by atoms with Crippen molar-refractivity contribution in [2.75, 3.05) is 12.8 Å². The second-order valence-corrected chi connectivity index (χ2v) is 6.03. The van der Waals surface area contributed by atoms with Crippen molar-refractivity contribution in [3.05, 3.63) is 23.1 Å². The van der Waals surface area contributed by atoms with Crippen LogP contribution in [0.25, 0.3) is 10.1 Å². The molecule has 106 valence electrons. The predicted octanol–water partition coefficient (Wildman–Crippen LogP) is 1.75. The second kappa shape index (κ2) is 4.96. The van der Waals surface area contributed by atoms with Gasteiger partial charge >= 0.3 is 0 Å². The number of anilines is 1. The molecule has 0 bridgehead atoms. The first-order valence-corrected chi connectivity index (χ1v) is 7.25. The van der Waals surface area contributed by atoms with Crippen LogP contribution in [0.15, 0.2) is 18.2 Å². The summed E-state index contributed by atoms with van der Waals surface area (Å²) in [5, 5.41) is 12.9. The van der Waals surface area contributed by atoms with Gasteiger partial charge in [-0.15, -0.1) is 11.3 Å². The molecule has 0 radical (unpaired) electrons. The zero-order chi connectivity index (χ0) is 14.3. The number of carbonyl (C=O) groups excluding carboxylic acids is 1. The Morgan fingerprint density at radius 1 is 1.50 bits per heavy atom. The molecule has 4 N–H and O–H groups in total. The smallest absolute Gasteiger partial charge is 0.263 e. The van der Waals surface area contributed by atoms with Crippen molar-refractivity contribution in [3.8, 4) is 5.75 Å². The summed E-state index contributed by atoms with van der Waals surface area (Å²) in [5.41, 5.74) is 6.56. The molecule has 1 aromatic carbocycles. The van der Waals surface area contributed by atoms with E-state index in [1.165, 1.54) is 11.3 Å². The van der Waals surface area contributed by atoms with Gasteiger partial charge in [0.2, 0.25) is 0 Å². The highest BCUT2D eigenvalue weighted by atomic mass is 32.1. The quantitative estimate of drug-likeness (QED) is 0.804. The SMILES string of the molecule is COc1cccc2sc(C(=O)NC3CC(O)C3)c(N)c12. The van der Waals surface area contributed by atoms with E-state index < -0.39 is 0 Å². The van der Waals surface area contributed by atoms with Gasteiger partial charge in [-0.3, -0.25) is 4.79 Å². The van der Waals surface area contributed by atoms with Crippen LogP contribution in [0.2, 0.25) is 0 Å². The van der Waals surface area contributed by atoms with E-state index in [0.29, 0.717) is 29.2 Å². The van der Waals surface area contributed by atoms with E-state index >= 15 is 0 Å². The van der Waals surface area contributed by atoms with Crippen molar-refractivity contribution >= 4 is 33.0 Å². The minimum absolute atomic E-state index is 0.0454. The molecule has 0 saturated heterocycles. The van der Waals surface area contributed by atoms with Crippen molar-refractivity contribution in [1.82, 2.24) is 5.32 Å². The van der Waals surface area contributed by atoms with Crippen molar-refractivity contribution in [2.45, 2.75) is 25.0 Å². The number of fused-ring (bicyclic) bond motifs is 1. The van der Waals surface area contributed by atoms with Gasteiger partial charge < -0.3 is 20.9 Å². The minimum Gasteiger partial charge on any atom is -0.496 e. The van der Waals surface area contributed by atoms with Crippen LogP contribution in [-0.2, 0) is 0 Å². The molecule has 1 aromatic heterocycles. The fraction of sp³-hybridized carbons (Fsp3) is 0.357. The molecule has 1 aliphatic carbocycles. The number of nitrogens with two attached hydrogens (primary N) is 1. The van der Waals surface area contributed by atoms with Gasteiger partial charge in [0, 0.05) is 10.7 Å². The van der Waals surface area contributed by atoms with Crippen molar-refractivity contribution in [1.29, 1.82) is 0 Å². The average Bonchev–Trinajstić information content (AvgIpc) is 2.74. The highest BCUT2D eigenvalue weighted by molar-refractivity contribution is 7.21. The van der Waals surface area contributed by atoms with E-state index in [-0.39, 0.29) is 18.1 Å². The van der Waals surface area contributed by atoms with Crippen LogP contribution in [0.5, 0.6) is 5.75 Å². The Hall–Kier alpha value is -1.79. The van der Waals surface area contributed by atoms with Gasteiger partial charge in [-0.2, -0.15) is 0 Å². The Bertz CT molecular complexity index is 662. The lowest BCUT2D eigenvalue weighted by atomic mass is 9.89. The van der Waals surface area contributed by atoms with Gasteiger partial charge in [0.15, 0.2) is 0 Å². The molecule has 0 aliphatic heterocycles. The van der Waals surface area contributed by atoms with Gasteiger partial charge in [-0.05, 0) is 25.0 Å². The third kappa shape index (κ3) is 2.10. The van der Waals surface area contributed by atoms with Crippen LogP contribution in [0, 0.1) is 0 Å². The number of amides is 1. The van der Waals surface area contributed by atoms with E-state index in [9.17, 15) is 9.90 Å². The van der Waals surface area contributed by atoms with E-state index in [2.05, 4.69) is 5.32 Å². The van der Waals surface area contributed by atoms with Gasteiger partial charge in [-0.1, -0.05) is 6.07 Å². The van der Waals surface area contributed by atoms with Crippen molar-refractivity contribution in [3.63, 3.8) is 0 Å². The molecular weight excluding hydrogens is 276 g/mol. The topological polar surface area (TPSA) is 84.6 Å². The third-order valence-electron chi connectivity index (χ3n) is 3.59. The number of aliphatic hydroxyl groups is 1. The maximum Gasteiger partial charge on any atom is 0.263 e. The molecule has 0 atom stereocenters. The van der Waals surface area contributed by atoms with Crippen LogP contribution in [-0.4, -0.2) is 30.3 Å². The predicted molar refractivity (Wildman–Crippen MR) is 79.3 cm³/mol. The van der Waals surface area contributed by atoms with Gasteiger partial charge in [-0.25, -0.2) is 0 Å². The molecule has 5 nitrogen and oxygen atoms in total. The Morgan fingerprint density at radius 3 is 2.90 bits per heavy atom. The molecule has 3 rings (SSSR count). The van der Waals surface area contributed by atoms with Gasteiger partial charge in [0.1, 0.15) is 10.6 Å². The molecule has 1 saturated carbocycles. The molecule has 1 aliphatic rings. The number of thiophene rings is 1. The van der Waals surface area contributed by atoms with Crippen LogP contribution in [0.3, 0.4) is 0 Å². The number of hydrogen-bond donors (Lipinski definition) is 3. The van der Waals surface area contributed by atoms with Crippen LogP contribution in [0.4, 0.5) is 5.69 Å². The van der Waals surface area contributed by atoms with E-state index in [1.54, 1.807) is 7.11 Å². The Labute approximate surface area is 120 Å². The maximum absolute atomic E-state index is 12.2. The number of ether oxygens (including phenoxy) is 1. The summed E-state index contributed by atoms with van der Waals surface area (Å²) < 4.78 is 6.22. The summed E-state index contributed by atoms with van der Waals surface area (Å²) >= 11 is 1.36. The molecule has 1 fully saturated rings. The summed E-state index contributed by atoms with van der Waals surface area (Å²) in [6.07, 6.45) is 0.930. The maximum atomic E-state index is 12.2. The normalized spacial score (nSPS) is 21.5. The fourth-order valence-corrected chi connectivity index (χ4v) is 3.48. The lowest BCUT2D eigenvalue weighted by Gasteiger charge is -2.31. The first kappa shape index (κ1) is 13.2. The minimum atomic E-state index is -0.292. The molecule has 1 amide bonds. The molecule has 2 aromatic rings. The molecule has 20 heavy (non-hydrogen) atoms. The second-order valence-electron chi connectivity index (χ2n) is 4.97. The Kier molecular flexibility index (Phi) is 3.27. The first-order chi connectivity index (χ1) is 9.60. The number of methoxy groups -OCH3 is 1. The fourth-order valence-electron chi connectivity index (χ4n) is 2.44. The monoisotopic (exact) mass is 292 g/mol. The summed E-state index contributed by atoms with van der Waals surface area (Å²) in [6.45, 7) is 0. The zero-order valence-electron chi connectivity index (χ0n) is 11.1. The molecule has 1 heterocycles. The van der Waals surface area contributed by atoms with Crippen molar-refractivity contribution in [2.24, 2.45) is 0 Å². The summed E-state index contributed by atoms with van der Waals surface area (Å²) in [6, 6.07) is 5.67. The Morgan fingerprint density at radius 2 is 2.25 bits per heavy atom. The van der Waals surface area contributed by atoms with E-state index in [0.717, 1.165) is 10.1 Å². The third-order valence-corrected chi connectivity index (χ3v) is 4.76. The van der Waals surface area contributed by atoms with Crippen LogP contribution in [0.1, 0.15) is 22.5 Å². The average molecular weight is 292 g/mol. The lowest BCUT2D eigenvalue weighted by molar-refractivity contribution is 0.0565. The lowest BCUT2D eigenvalue weighted by Crippen LogP contribution is -2.46. The Balaban J connectivity index is 1.91. The van der Waals surface area contributed by atoms with Crippen LogP contribution < -0.4 is 15.8 Å². The number of nitrogen functional groups attached to an aromatic ring is 1. The summed E-state index contributed by atoms with van der Waals surface area (Å²) in [4.78, 5) is 12.7. The number of benzene rings is 1. The van der Waals surface area contributed by atoms with Crippen molar-refractivity contribution < 1.29 is 14.6 Å². The number of nitrogens with one attached hydrogen (secondary N) is 1. The van der Waals surface area contributed by atoms with Crippen LogP contribution >= 0.6 is 11.3 Å². The molecule has 0 unspecified atom stereocenters. The first-order valence-electron chi connectivity index (χ1n) is 6.44. The number of carbonyl (C=O) groups is 1. The summed E-state index contributed by atoms with van der Waals surface area (Å²) in [5.74, 6) is 0.497. The van der Waals surface area contributed by atoms with E-state index in [1.807, 2.05) is 18.2 Å². The highest BCUT2D eigenvalue weighted by Gasteiger charge is 2.30. The standard InChI is InChI=1S/C14H16N2O3S/c1-19-9-3-2-4-10-11(9)12(15)13(20-10)14(18)16-7-5-8(17)6-7/h2-4,7-8,17H,5-6,15H2,1H3,(H,16,18). The summed E-state index contributed by atoms with van der Waals surface area (Å²) in [7, 11) is 1.58. The zero-order valence-corrected chi connectivity index (χ0v) is 11.9. The van der Waals surface area contributed by atoms with Gasteiger partial charge in [0.25, 0.3) is 5.91 Å². The number of aliphatic hydroxyl groups excluding tert-OH is 1. The number of rotatable bonds is 3. The highest BCUT2D eigenvalue weighted by Crippen LogP contribution is 2.39.